The molecule has 2 aromatic carbocycles. The van der Waals surface area contributed by atoms with E-state index in [0.717, 1.165) is 11.8 Å². The summed E-state index contributed by atoms with van der Waals surface area (Å²) < 4.78 is 39.8. The molecule has 0 fully saturated rings. The highest BCUT2D eigenvalue weighted by atomic mass is 32.2. The van der Waals surface area contributed by atoms with Gasteiger partial charge in [0.2, 0.25) is 0 Å². The number of aryl methyl sites for hydroxylation is 1. The lowest BCUT2D eigenvalue weighted by Gasteiger charge is -2.33. The third-order valence-corrected chi connectivity index (χ3v) is 5.50. The van der Waals surface area contributed by atoms with Gasteiger partial charge in [-0.3, -0.25) is 8.98 Å². The fraction of sp³-hybridized carbons (Fsp3) is 0.462. The molecule has 0 spiro atoms. The number of carbonyl (C=O) groups excluding carboxylic acids is 2. The number of hydrogen-bond acceptors (Lipinski definition) is 9. The SMILES string of the molecule is CC(=O)OCc1cc(C(OS(C)(=O)=O)C(N)C(C)(C)C)ccc1OC(=O)c1ccc(C)cc1.CCO. The van der Waals surface area contributed by atoms with Crippen molar-refractivity contribution in [3.05, 3.63) is 64.7 Å². The standard InChI is InChI=1S/C24H31NO7S.C2H6O/c1-15-7-9-17(10-8-15)23(27)31-20-12-11-18(13-19(20)14-30-16(2)26)21(32-33(6,28)29)22(25)24(3,4)5;1-2-3/h7-13,21-22H,14,25H2,1-6H3;3H,2H2,1H3. The fourth-order valence-electron chi connectivity index (χ4n) is 2.98. The maximum atomic E-state index is 12.6. The van der Waals surface area contributed by atoms with Crippen molar-refractivity contribution >= 4 is 22.1 Å². The van der Waals surface area contributed by atoms with Crippen molar-refractivity contribution in [3.8, 4) is 5.75 Å². The van der Waals surface area contributed by atoms with Crippen LogP contribution in [0.1, 0.15) is 67.8 Å². The molecule has 0 saturated carbocycles. The van der Waals surface area contributed by atoms with Crippen molar-refractivity contribution in [1.82, 2.24) is 0 Å². The van der Waals surface area contributed by atoms with E-state index in [1.54, 1.807) is 43.3 Å². The van der Waals surface area contributed by atoms with E-state index >= 15 is 0 Å². The summed E-state index contributed by atoms with van der Waals surface area (Å²) in [5.74, 6) is -0.929. The molecule has 2 aromatic rings. The van der Waals surface area contributed by atoms with E-state index in [0.29, 0.717) is 16.7 Å². The molecule has 2 unspecified atom stereocenters. The maximum absolute atomic E-state index is 12.6. The molecule has 0 aliphatic carbocycles. The highest BCUT2D eigenvalue weighted by molar-refractivity contribution is 7.86. The van der Waals surface area contributed by atoms with E-state index in [4.69, 9.17) is 24.5 Å². The van der Waals surface area contributed by atoms with E-state index in [1.165, 1.54) is 13.0 Å². The molecule has 0 heterocycles. The van der Waals surface area contributed by atoms with Crippen molar-refractivity contribution in [2.45, 2.75) is 60.3 Å². The summed E-state index contributed by atoms with van der Waals surface area (Å²) in [5.41, 5.74) is 8.04. The molecule has 2 rings (SSSR count). The maximum Gasteiger partial charge on any atom is 0.343 e. The van der Waals surface area contributed by atoms with Crippen LogP contribution in [0.5, 0.6) is 5.75 Å². The van der Waals surface area contributed by atoms with Gasteiger partial charge in [-0.1, -0.05) is 44.5 Å². The van der Waals surface area contributed by atoms with E-state index in [-0.39, 0.29) is 19.0 Å². The van der Waals surface area contributed by atoms with Gasteiger partial charge in [-0.05, 0) is 49.1 Å². The lowest BCUT2D eigenvalue weighted by atomic mass is 9.81. The van der Waals surface area contributed by atoms with Gasteiger partial charge in [0, 0.05) is 25.1 Å². The van der Waals surface area contributed by atoms with Crippen LogP contribution in [-0.4, -0.2) is 44.4 Å². The summed E-state index contributed by atoms with van der Waals surface area (Å²) in [6.07, 6.45) is -0.0507. The molecular weight excluding hydrogens is 486 g/mol. The monoisotopic (exact) mass is 523 g/mol. The fourth-order valence-corrected chi connectivity index (χ4v) is 3.59. The first-order chi connectivity index (χ1) is 16.6. The Balaban J connectivity index is 0.00000205. The molecule has 9 nitrogen and oxygen atoms in total. The summed E-state index contributed by atoms with van der Waals surface area (Å²) in [6.45, 7) is 10.5. The largest absolute Gasteiger partial charge is 0.461 e. The molecule has 0 aromatic heterocycles. The van der Waals surface area contributed by atoms with Crippen LogP contribution in [0, 0.1) is 12.3 Å². The first kappa shape index (κ1) is 31.2. The molecule has 0 saturated heterocycles. The lowest BCUT2D eigenvalue weighted by molar-refractivity contribution is -0.142. The molecular formula is C26H37NO8S. The van der Waals surface area contributed by atoms with Gasteiger partial charge >= 0.3 is 11.9 Å². The zero-order valence-electron chi connectivity index (χ0n) is 21.9. The van der Waals surface area contributed by atoms with E-state index in [9.17, 15) is 18.0 Å². The Bertz CT molecular complexity index is 1120. The second-order valence-corrected chi connectivity index (χ2v) is 10.9. The number of nitrogens with two attached hydrogens (primary N) is 1. The van der Waals surface area contributed by atoms with Crippen molar-refractivity contribution in [2.75, 3.05) is 12.9 Å². The van der Waals surface area contributed by atoms with Crippen LogP contribution in [-0.2, 0) is 30.4 Å². The van der Waals surface area contributed by atoms with Crippen molar-refractivity contribution in [2.24, 2.45) is 11.1 Å². The smallest absolute Gasteiger partial charge is 0.343 e. The molecule has 10 heteroatoms. The minimum atomic E-state index is -3.83. The third-order valence-electron chi connectivity index (χ3n) is 4.94. The number of ether oxygens (including phenoxy) is 2. The average Bonchev–Trinajstić information content (AvgIpc) is 2.76. The van der Waals surface area contributed by atoms with Crippen molar-refractivity contribution in [3.63, 3.8) is 0 Å². The van der Waals surface area contributed by atoms with Gasteiger partial charge in [-0.25, -0.2) is 4.79 Å². The summed E-state index contributed by atoms with van der Waals surface area (Å²) in [7, 11) is -3.83. The van der Waals surface area contributed by atoms with E-state index < -0.39 is 39.6 Å². The van der Waals surface area contributed by atoms with Crippen LogP contribution in [0.4, 0.5) is 0 Å². The topological polar surface area (TPSA) is 142 Å². The van der Waals surface area contributed by atoms with Crippen LogP contribution >= 0.6 is 0 Å². The number of aliphatic hydroxyl groups is 1. The second kappa shape index (κ2) is 13.5. The number of benzene rings is 2. The number of rotatable bonds is 8. The predicted molar refractivity (Wildman–Crippen MR) is 137 cm³/mol. The Labute approximate surface area is 213 Å². The molecule has 0 aliphatic heterocycles. The summed E-state index contributed by atoms with van der Waals surface area (Å²) >= 11 is 0. The quantitative estimate of drug-likeness (QED) is 0.301. The van der Waals surface area contributed by atoms with Crippen LogP contribution in [0.3, 0.4) is 0 Å². The number of hydrogen-bond donors (Lipinski definition) is 2. The van der Waals surface area contributed by atoms with Crippen LogP contribution in [0.15, 0.2) is 42.5 Å². The van der Waals surface area contributed by atoms with Gasteiger partial charge in [0.1, 0.15) is 18.5 Å². The zero-order chi connectivity index (χ0) is 27.7. The van der Waals surface area contributed by atoms with Crippen molar-refractivity contribution in [1.29, 1.82) is 0 Å². The first-order valence-electron chi connectivity index (χ1n) is 11.4. The molecule has 0 amide bonds. The molecule has 0 aliphatic rings. The van der Waals surface area contributed by atoms with Gasteiger partial charge < -0.3 is 20.3 Å². The Morgan fingerprint density at radius 2 is 1.64 bits per heavy atom. The van der Waals surface area contributed by atoms with Gasteiger partial charge in [0.15, 0.2) is 0 Å². The first-order valence-corrected chi connectivity index (χ1v) is 13.2. The van der Waals surface area contributed by atoms with Gasteiger partial charge in [-0.15, -0.1) is 0 Å². The predicted octanol–water partition coefficient (Wildman–Crippen LogP) is 3.67. The average molecular weight is 524 g/mol. The molecule has 0 radical (unpaired) electrons. The third kappa shape index (κ3) is 10.4. The van der Waals surface area contributed by atoms with Crippen LogP contribution in [0.2, 0.25) is 0 Å². The van der Waals surface area contributed by atoms with Crippen LogP contribution < -0.4 is 10.5 Å². The summed E-state index contributed by atoms with van der Waals surface area (Å²) in [4.78, 5) is 24.0. The van der Waals surface area contributed by atoms with Gasteiger partial charge in [0.25, 0.3) is 10.1 Å². The van der Waals surface area contributed by atoms with E-state index in [2.05, 4.69) is 0 Å². The Morgan fingerprint density at radius 1 is 1.08 bits per heavy atom. The molecule has 2 atom stereocenters. The summed E-state index contributed by atoms with van der Waals surface area (Å²) in [5, 5.41) is 7.57. The Hall–Kier alpha value is -2.79. The summed E-state index contributed by atoms with van der Waals surface area (Å²) in [6, 6.07) is 10.9. The highest BCUT2D eigenvalue weighted by Gasteiger charge is 2.34. The van der Waals surface area contributed by atoms with Gasteiger partial charge in [-0.2, -0.15) is 8.42 Å². The molecule has 200 valence electrons. The minimum absolute atomic E-state index is 0.174. The van der Waals surface area contributed by atoms with Gasteiger partial charge in [0.05, 0.1) is 11.8 Å². The minimum Gasteiger partial charge on any atom is -0.461 e. The Morgan fingerprint density at radius 3 is 2.11 bits per heavy atom. The number of aliphatic hydroxyl groups excluding tert-OH is 1. The second-order valence-electron chi connectivity index (χ2n) is 9.33. The highest BCUT2D eigenvalue weighted by Crippen LogP contribution is 2.35. The van der Waals surface area contributed by atoms with Crippen LogP contribution in [0.25, 0.3) is 0 Å². The number of esters is 2. The zero-order valence-corrected chi connectivity index (χ0v) is 22.7. The van der Waals surface area contributed by atoms with E-state index in [1.807, 2.05) is 27.7 Å². The molecule has 36 heavy (non-hydrogen) atoms. The Kier molecular flexibility index (Phi) is 11.7. The molecule has 0 bridgehead atoms. The normalized spacial score (nSPS) is 13.1. The molecule has 3 N–H and O–H groups in total. The number of carbonyl (C=O) groups is 2. The lowest BCUT2D eigenvalue weighted by Crippen LogP contribution is -2.42. The van der Waals surface area contributed by atoms with Crippen molar-refractivity contribution < 1.29 is 36.8 Å².